The van der Waals surface area contributed by atoms with Crippen molar-refractivity contribution in [3.05, 3.63) is 41.0 Å². The SMILES string of the molecule is CSCCCNC(=NCc1nnc(C)n1C)N1CCN(c2cc(C)ccc2C)CC1. The maximum absolute atomic E-state index is 4.90. The number of benzene rings is 1. The summed E-state index contributed by atoms with van der Waals surface area (Å²) in [4.78, 5) is 9.78. The minimum Gasteiger partial charge on any atom is -0.368 e. The minimum absolute atomic E-state index is 0.541. The van der Waals surface area contributed by atoms with Crippen LogP contribution in [0.5, 0.6) is 0 Å². The van der Waals surface area contributed by atoms with Crippen LogP contribution in [0.4, 0.5) is 5.69 Å². The fourth-order valence-electron chi connectivity index (χ4n) is 3.64. The lowest BCUT2D eigenvalue weighted by Gasteiger charge is -2.38. The standard InChI is InChI=1S/C22H35N7S/c1-17-7-8-18(2)20(15-17)28-10-12-29(13-11-28)22(23-9-6-14-30-5)24-16-21-26-25-19(3)27(21)4/h7-8,15H,6,9-14,16H2,1-5H3,(H,23,24). The van der Waals surface area contributed by atoms with Crippen LogP contribution in [-0.2, 0) is 13.6 Å². The van der Waals surface area contributed by atoms with Gasteiger partial charge in [-0.15, -0.1) is 10.2 Å². The van der Waals surface area contributed by atoms with Gasteiger partial charge in [0.1, 0.15) is 12.4 Å². The van der Waals surface area contributed by atoms with Crippen LogP contribution >= 0.6 is 11.8 Å². The Morgan fingerprint density at radius 2 is 1.90 bits per heavy atom. The number of piperazine rings is 1. The quantitative estimate of drug-likeness (QED) is 0.415. The number of hydrogen-bond donors (Lipinski definition) is 1. The zero-order chi connectivity index (χ0) is 21.5. The van der Waals surface area contributed by atoms with Crippen molar-refractivity contribution in [2.24, 2.45) is 12.0 Å². The van der Waals surface area contributed by atoms with Gasteiger partial charge in [0.25, 0.3) is 0 Å². The molecule has 0 bridgehead atoms. The van der Waals surface area contributed by atoms with E-state index in [1.165, 1.54) is 16.8 Å². The van der Waals surface area contributed by atoms with Gasteiger partial charge in [0, 0.05) is 45.5 Å². The summed E-state index contributed by atoms with van der Waals surface area (Å²) in [5, 5.41) is 12.0. The molecule has 1 saturated heterocycles. The van der Waals surface area contributed by atoms with Gasteiger partial charge in [-0.1, -0.05) is 12.1 Å². The van der Waals surface area contributed by atoms with E-state index in [0.717, 1.165) is 62.5 Å². The summed E-state index contributed by atoms with van der Waals surface area (Å²) in [5.41, 5.74) is 4.01. The van der Waals surface area contributed by atoms with Gasteiger partial charge in [0.15, 0.2) is 11.8 Å². The minimum atomic E-state index is 0.541. The molecule has 0 radical (unpaired) electrons. The highest BCUT2D eigenvalue weighted by atomic mass is 32.2. The molecule has 0 aliphatic carbocycles. The molecule has 2 heterocycles. The van der Waals surface area contributed by atoms with Crippen molar-refractivity contribution in [2.45, 2.75) is 33.7 Å². The Morgan fingerprint density at radius 1 is 1.13 bits per heavy atom. The number of hydrogen-bond acceptors (Lipinski definition) is 5. The van der Waals surface area contributed by atoms with E-state index >= 15 is 0 Å². The van der Waals surface area contributed by atoms with Crippen molar-refractivity contribution >= 4 is 23.4 Å². The normalized spacial score (nSPS) is 15.0. The van der Waals surface area contributed by atoms with E-state index in [1.54, 1.807) is 0 Å². The van der Waals surface area contributed by atoms with Crippen LogP contribution in [0.1, 0.15) is 29.2 Å². The molecule has 3 rings (SSSR count). The van der Waals surface area contributed by atoms with Gasteiger partial charge in [0.2, 0.25) is 0 Å². The third kappa shape index (κ3) is 5.68. The van der Waals surface area contributed by atoms with Crippen molar-refractivity contribution in [2.75, 3.05) is 49.6 Å². The van der Waals surface area contributed by atoms with Crippen LogP contribution in [-0.4, -0.2) is 70.4 Å². The number of aromatic nitrogens is 3. The second-order valence-corrected chi connectivity index (χ2v) is 8.89. The third-order valence-corrected chi connectivity index (χ3v) is 6.34. The first-order chi connectivity index (χ1) is 14.5. The number of aryl methyl sites for hydroxylation is 3. The molecule has 1 aromatic carbocycles. The number of guanidine groups is 1. The van der Waals surface area contributed by atoms with Gasteiger partial charge in [-0.25, -0.2) is 4.99 Å². The van der Waals surface area contributed by atoms with Crippen molar-refractivity contribution in [3.63, 3.8) is 0 Å². The Kier molecular flexibility index (Phi) is 8.01. The van der Waals surface area contributed by atoms with E-state index in [1.807, 2.05) is 30.3 Å². The van der Waals surface area contributed by atoms with Gasteiger partial charge in [0.05, 0.1) is 0 Å². The largest absolute Gasteiger partial charge is 0.368 e. The molecule has 0 unspecified atom stereocenters. The molecule has 30 heavy (non-hydrogen) atoms. The summed E-state index contributed by atoms with van der Waals surface area (Å²) < 4.78 is 2.01. The molecule has 1 aromatic heterocycles. The number of aliphatic imine (C=N–C) groups is 1. The Bertz CT molecular complexity index is 853. The Labute approximate surface area is 185 Å². The highest BCUT2D eigenvalue weighted by molar-refractivity contribution is 7.98. The average Bonchev–Trinajstić information content (AvgIpc) is 3.07. The Hall–Kier alpha value is -2.22. The van der Waals surface area contributed by atoms with Gasteiger partial charge in [-0.3, -0.25) is 0 Å². The second-order valence-electron chi connectivity index (χ2n) is 7.90. The lowest BCUT2D eigenvalue weighted by Crippen LogP contribution is -2.53. The first kappa shape index (κ1) is 22.5. The highest BCUT2D eigenvalue weighted by Crippen LogP contribution is 2.23. The summed E-state index contributed by atoms with van der Waals surface area (Å²) in [7, 11) is 1.99. The van der Waals surface area contributed by atoms with Gasteiger partial charge in [-0.2, -0.15) is 11.8 Å². The maximum atomic E-state index is 4.90. The monoisotopic (exact) mass is 429 g/mol. The van der Waals surface area contributed by atoms with Crippen molar-refractivity contribution < 1.29 is 0 Å². The third-order valence-electron chi connectivity index (χ3n) is 5.65. The number of anilines is 1. The first-order valence-electron chi connectivity index (χ1n) is 10.7. The van der Waals surface area contributed by atoms with Crippen LogP contribution in [0.25, 0.3) is 0 Å². The highest BCUT2D eigenvalue weighted by Gasteiger charge is 2.21. The first-order valence-corrected chi connectivity index (χ1v) is 12.1. The fraction of sp³-hybridized carbons (Fsp3) is 0.591. The number of nitrogens with one attached hydrogen (secondary N) is 1. The van der Waals surface area contributed by atoms with Crippen molar-refractivity contribution in [1.82, 2.24) is 25.0 Å². The fourth-order valence-corrected chi connectivity index (χ4v) is 4.07. The zero-order valence-corrected chi connectivity index (χ0v) is 19.8. The van der Waals surface area contributed by atoms with Gasteiger partial charge >= 0.3 is 0 Å². The summed E-state index contributed by atoms with van der Waals surface area (Å²) in [6.45, 7) is 11.7. The zero-order valence-electron chi connectivity index (χ0n) is 19.0. The Balaban J connectivity index is 1.66. The molecule has 1 fully saturated rings. The second kappa shape index (κ2) is 10.7. The smallest absolute Gasteiger partial charge is 0.194 e. The van der Waals surface area contributed by atoms with Crippen LogP contribution in [0.15, 0.2) is 23.2 Å². The van der Waals surface area contributed by atoms with Crippen LogP contribution < -0.4 is 10.2 Å². The molecule has 7 nitrogen and oxygen atoms in total. The molecule has 2 aromatic rings. The molecule has 8 heteroatoms. The van der Waals surface area contributed by atoms with Gasteiger partial charge in [-0.05, 0) is 56.4 Å². The van der Waals surface area contributed by atoms with E-state index in [4.69, 9.17) is 4.99 Å². The molecular weight excluding hydrogens is 394 g/mol. The van der Waals surface area contributed by atoms with E-state index in [-0.39, 0.29) is 0 Å². The number of rotatable bonds is 7. The summed E-state index contributed by atoms with van der Waals surface area (Å²) in [5.74, 6) is 3.95. The molecule has 0 amide bonds. The molecule has 0 saturated carbocycles. The lowest BCUT2D eigenvalue weighted by molar-refractivity contribution is 0.371. The predicted octanol–water partition coefficient (Wildman–Crippen LogP) is 2.76. The van der Waals surface area contributed by atoms with E-state index < -0.39 is 0 Å². The summed E-state index contributed by atoms with van der Waals surface area (Å²) in [6, 6.07) is 6.71. The molecule has 1 aliphatic heterocycles. The van der Waals surface area contributed by atoms with Crippen molar-refractivity contribution in [1.29, 1.82) is 0 Å². The van der Waals surface area contributed by atoms with E-state index in [9.17, 15) is 0 Å². The van der Waals surface area contributed by atoms with Crippen LogP contribution in [0.3, 0.4) is 0 Å². The van der Waals surface area contributed by atoms with E-state index in [0.29, 0.717) is 6.54 Å². The van der Waals surface area contributed by atoms with Gasteiger partial charge < -0.3 is 19.7 Å². The molecule has 1 aliphatic rings. The maximum Gasteiger partial charge on any atom is 0.194 e. The lowest BCUT2D eigenvalue weighted by atomic mass is 10.1. The van der Waals surface area contributed by atoms with Crippen LogP contribution in [0, 0.1) is 20.8 Å². The molecular formula is C22H35N7S. The number of thioether (sulfide) groups is 1. The van der Waals surface area contributed by atoms with Crippen LogP contribution in [0.2, 0.25) is 0 Å². The van der Waals surface area contributed by atoms with Crippen molar-refractivity contribution in [3.8, 4) is 0 Å². The molecule has 0 atom stereocenters. The predicted molar refractivity (Wildman–Crippen MR) is 128 cm³/mol. The Morgan fingerprint density at radius 3 is 2.57 bits per heavy atom. The summed E-state index contributed by atoms with van der Waals surface area (Å²) >= 11 is 1.88. The molecule has 1 N–H and O–H groups in total. The summed E-state index contributed by atoms with van der Waals surface area (Å²) in [6.07, 6.45) is 3.28. The molecule has 164 valence electrons. The average molecular weight is 430 g/mol. The van der Waals surface area contributed by atoms with E-state index in [2.05, 4.69) is 63.6 Å². The molecule has 0 spiro atoms. The number of nitrogens with zero attached hydrogens (tertiary/aromatic N) is 6. The topological polar surface area (TPSA) is 61.6 Å².